The van der Waals surface area contributed by atoms with Gasteiger partial charge in [0.1, 0.15) is 0 Å². The molecule has 1 aromatic heterocycles. The average Bonchev–Trinajstić information content (AvgIpc) is 2.27. The summed E-state index contributed by atoms with van der Waals surface area (Å²) in [5.74, 6) is 0.336. The summed E-state index contributed by atoms with van der Waals surface area (Å²) in [6, 6.07) is 1.53. The van der Waals surface area contributed by atoms with E-state index < -0.39 is 4.92 Å². The molecule has 5 nitrogen and oxygen atoms in total. The first-order valence-electron chi connectivity index (χ1n) is 5.26. The van der Waals surface area contributed by atoms with Gasteiger partial charge in [0.05, 0.1) is 4.92 Å². The smallest absolute Gasteiger partial charge is 0.311 e. The molecule has 0 atom stereocenters. The molecule has 0 aromatic carbocycles. The summed E-state index contributed by atoms with van der Waals surface area (Å²) in [7, 11) is 0. The first-order valence-corrected chi connectivity index (χ1v) is 6.48. The van der Waals surface area contributed by atoms with Gasteiger partial charge in [0, 0.05) is 23.6 Å². The summed E-state index contributed by atoms with van der Waals surface area (Å²) < 4.78 is 0.0143. The second-order valence-corrected chi connectivity index (χ2v) is 5.97. The van der Waals surface area contributed by atoms with Crippen molar-refractivity contribution in [2.45, 2.75) is 25.5 Å². The maximum absolute atomic E-state index is 10.9. The van der Waals surface area contributed by atoms with Crippen molar-refractivity contribution in [1.82, 2.24) is 4.98 Å². The number of hydrogen-bond donors (Lipinski definition) is 1. The molecule has 17 heavy (non-hydrogen) atoms. The molecular weight excluding hydrogens is 238 g/mol. The van der Waals surface area contributed by atoms with Crippen molar-refractivity contribution < 1.29 is 4.92 Å². The lowest BCUT2D eigenvalue weighted by Crippen LogP contribution is -2.26. The number of aryl methyl sites for hydroxylation is 1. The molecule has 0 aliphatic carbocycles. The number of anilines is 1. The number of nitrogens with zero attached hydrogens (tertiary/aromatic N) is 2. The van der Waals surface area contributed by atoms with Crippen molar-refractivity contribution in [1.29, 1.82) is 0 Å². The van der Waals surface area contributed by atoms with Crippen LogP contribution in [0.5, 0.6) is 0 Å². The van der Waals surface area contributed by atoms with E-state index in [9.17, 15) is 10.1 Å². The Labute approximate surface area is 105 Å². The molecule has 0 amide bonds. The van der Waals surface area contributed by atoms with Gasteiger partial charge < -0.3 is 5.32 Å². The number of thioether (sulfide) groups is 1. The molecule has 0 saturated heterocycles. The Kier molecular flexibility index (Phi) is 4.34. The Hall–Kier alpha value is -1.30. The molecule has 1 rings (SSSR count). The molecule has 0 radical (unpaired) electrons. The summed E-state index contributed by atoms with van der Waals surface area (Å²) >= 11 is 1.70. The van der Waals surface area contributed by atoms with Crippen LogP contribution in [0.15, 0.2) is 12.3 Å². The molecule has 0 saturated carbocycles. The summed E-state index contributed by atoms with van der Waals surface area (Å²) in [4.78, 5) is 14.6. The maximum Gasteiger partial charge on any atom is 0.311 e. The van der Waals surface area contributed by atoms with Gasteiger partial charge in [0.15, 0.2) is 0 Å². The minimum Gasteiger partial charge on any atom is -0.363 e. The van der Waals surface area contributed by atoms with E-state index in [0.717, 1.165) is 5.56 Å². The van der Waals surface area contributed by atoms with Crippen LogP contribution in [0.25, 0.3) is 0 Å². The zero-order valence-electron chi connectivity index (χ0n) is 10.5. The van der Waals surface area contributed by atoms with E-state index in [4.69, 9.17) is 0 Å². The average molecular weight is 255 g/mol. The van der Waals surface area contributed by atoms with Crippen molar-refractivity contribution in [2.75, 3.05) is 18.1 Å². The third kappa shape index (κ3) is 3.89. The fourth-order valence-corrected chi connectivity index (χ4v) is 1.41. The molecule has 0 aliphatic heterocycles. The number of aromatic nitrogens is 1. The van der Waals surface area contributed by atoms with Crippen molar-refractivity contribution in [2.24, 2.45) is 0 Å². The Balaban J connectivity index is 2.88. The van der Waals surface area contributed by atoms with Gasteiger partial charge >= 0.3 is 5.69 Å². The van der Waals surface area contributed by atoms with Crippen LogP contribution in [0.1, 0.15) is 19.4 Å². The van der Waals surface area contributed by atoms with E-state index in [1.807, 2.05) is 6.26 Å². The van der Waals surface area contributed by atoms with Gasteiger partial charge in [0.2, 0.25) is 5.82 Å². The highest BCUT2D eigenvalue weighted by atomic mass is 32.2. The summed E-state index contributed by atoms with van der Waals surface area (Å²) in [5, 5.41) is 13.9. The zero-order chi connectivity index (χ0) is 13.1. The first kappa shape index (κ1) is 13.8. The second-order valence-electron chi connectivity index (χ2n) is 4.45. The Morgan fingerprint density at radius 3 is 2.76 bits per heavy atom. The monoisotopic (exact) mass is 255 g/mol. The van der Waals surface area contributed by atoms with Crippen molar-refractivity contribution in [3.8, 4) is 0 Å². The van der Waals surface area contributed by atoms with Crippen LogP contribution in [-0.4, -0.2) is 27.5 Å². The molecule has 1 aromatic rings. The van der Waals surface area contributed by atoms with E-state index in [1.54, 1.807) is 24.9 Å². The molecule has 0 unspecified atom stereocenters. The number of hydrogen-bond acceptors (Lipinski definition) is 5. The minimum atomic E-state index is -0.408. The number of nitrogens with one attached hydrogen (secondary N) is 1. The van der Waals surface area contributed by atoms with Crippen molar-refractivity contribution in [3.05, 3.63) is 27.9 Å². The van der Waals surface area contributed by atoms with Crippen molar-refractivity contribution >= 4 is 23.3 Å². The van der Waals surface area contributed by atoms with Gasteiger partial charge in [-0.05, 0) is 32.6 Å². The van der Waals surface area contributed by atoms with Gasteiger partial charge in [-0.25, -0.2) is 4.98 Å². The van der Waals surface area contributed by atoms with E-state index in [2.05, 4.69) is 24.1 Å². The first-order chi connectivity index (χ1) is 7.85. The van der Waals surface area contributed by atoms with E-state index >= 15 is 0 Å². The van der Waals surface area contributed by atoms with Crippen LogP contribution in [0.2, 0.25) is 0 Å². The molecular formula is C11H17N3O2S. The SMILES string of the molecule is CSC(C)(C)CNc1ncc(C)cc1[N+](=O)[O-]. The summed E-state index contributed by atoms with van der Waals surface area (Å²) in [6.45, 7) is 6.57. The third-order valence-corrected chi connectivity index (χ3v) is 3.68. The van der Waals surface area contributed by atoms with Gasteiger partial charge in [0.25, 0.3) is 0 Å². The van der Waals surface area contributed by atoms with Crippen LogP contribution in [0, 0.1) is 17.0 Å². The van der Waals surface area contributed by atoms with Gasteiger partial charge in [-0.2, -0.15) is 11.8 Å². The molecule has 0 spiro atoms. The highest BCUT2D eigenvalue weighted by Gasteiger charge is 2.20. The lowest BCUT2D eigenvalue weighted by atomic mass is 10.2. The molecule has 1 N–H and O–H groups in total. The minimum absolute atomic E-state index is 0.0143. The maximum atomic E-state index is 10.9. The highest BCUT2D eigenvalue weighted by molar-refractivity contribution is 7.99. The molecule has 6 heteroatoms. The topological polar surface area (TPSA) is 68.1 Å². The Bertz CT molecular complexity index is 421. The number of rotatable bonds is 5. The molecule has 0 fully saturated rings. The van der Waals surface area contributed by atoms with Gasteiger partial charge in [-0.15, -0.1) is 0 Å². The molecule has 0 bridgehead atoms. The quantitative estimate of drug-likeness (QED) is 0.647. The molecule has 94 valence electrons. The van der Waals surface area contributed by atoms with E-state index in [0.29, 0.717) is 12.4 Å². The van der Waals surface area contributed by atoms with Crippen LogP contribution >= 0.6 is 11.8 Å². The largest absolute Gasteiger partial charge is 0.363 e. The molecule has 0 aliphatic rings. The van der Waals surface area contributed by atoms with Gasteiger partial charge in [-0.1, -0.05) is 0 Å². The van der Waals surface area contributed by atoms with Gasteiger partial charge in [-0.3, -0.25) is 10.1 Å². The standard InChI is InChI=1S/C11H17N3O2S/c1-8-5-9(14(15)16)10(12-6-8)13-7-11(2,3)17-4/h5-6H,7H2,1-4H3,(H,12,13). The molecule has 1 heterocycles. The van der Waals surface area contributed by atoms with Crippen LogP contribution in [-0.2, 0) is 0 Å². The lowest BCUT2D eigenvalue weighted by molar-refractivity contribution is -0.384. The normalized spacial score (nSPS) is 11.3. The third-order valence-electron chi connectivity index (χ3n) is 2.44. The summed E-state index contributed by atoms with van der Waals surface area (Å²) in [5.41, 5.74) is 0.813. The highest BCUT2D eigenvalue weighted by Crippen LogP contribution is 2.26. The predicted molar refractivity (Wildman–Crippen MR) is 71.7 cm³/mol. The second kappa shape index (κ2) is 5.35. The van der Waals surface area contributed by atoms with Crippen LogP contribution in [0.4, 0.5) is 11.5 Å². The van der Waals surface area contributed by atoms with E-state index in [-0.39, 0.29) is 10.4 Å². The van der Waals surface area contributed by atoms with E-state index in [1.165, 1.54) is 6.07 Å². The van der Waals surface area contributed by atoms with Crippen molar-refractivity contribution in [3.63, 3.8) is 0 Å². The number of nitro groups is 1. The fourth-order valence-electron chi connectivity index (χ4n) is 1.20. The Morgan fingerprint density at radius 2 is 2.24 bits per heavy atom. The lowest BCUT2D eigenvalue weighted by Gasteiger charge is -2.22. The fraction of sp³-hybridized carbons (Fsp3) is 0.545. The predicted octanol–water partition coefficient (Wildman–Crippen LogP) is 2.85. The van der Waals surface area contributed by atoms with Crippen LogP contribution < -0.4 is 5.32 Å². The van der Waals surface area contributed by atoms with Crippen LogP contribution in [0.3, 0.4) is 0 Å². The summed E-state index contributed by atoms with van der Waals surface area (Å²) in [6.07, 6.45) is 3.64. The Morgan fingerprint density at radius 1 is 1.59 bits per heavy atom. The zero-order valence-corrected chi connectivity index (χ0v) is 11.3. The number of pyridine rings is 1.